The SMILES string of the molecule is CC(=O)NS(=O)(=O)c1cc2c(cc1Br)CCN2. The van der Waals surface area contributed by atoms with Crippen molar-refractivity contribution in [2.24, 2.45) is 0 Å². The molecule has 1 aromatic rings. The van der Waals surface area contributed by atoms with Crippen LogP contribution in [0.3, 0.4) is 0 Å². The molecule has 2 rings (SSSR count). The van der Waals surface area contributed by atoms with E-state index in [0.29, 0.717) is 4.47 Å². The minimum Gasteiger partial charge on any atom is -0.384 e. The van der Waals surface area contributed by atoms with Crippen LogP contribution in [0, 0.1) is 0 Å². The highest BCUT2D eigenvalue weighted by Crippen LogP contribution is 2.31. The van der Waals surface area contributed by atoms with Gasteiger partial charge in [-0.3, -0.25) is 4.79 Å². The fraction of sp³-hybridized carbons (Fsp3) is 0.300. The van der Waals surface area contributed by atoms with Gasteiger partial charge in [-0.15, -0.1) is 0 Å². The highest BCUT2D eigenvalue weighted by molar-refractivity contribution is 9.10. The first-order valence-electron chi connectivity index (χ1n) is 5.00. The van der Waals surface area contributed by atoms with Crippen LogP contribution < -0.4 is 10.0 Å². The summed E-state index contributed by atoms with van der Waals surface area (Å²) < 4.78 is 26.2. The van der Waals surface area contributed by atoms with Gasteiger partial charge in [0.15, 0.2) is 0 Å². The number of sulfonamides is 1. The average Bonchev–Trinajstić information content (AvgIpc) is 2.60. The van der Waals surface area contributed by atoms with Gasteiger partial charge >= 0.3 is 0 Å². The van der Waals surface area contributed by atoms with Crippen LogP contribution in [-0.4, -0.2) is 20.9 Å². The van der Waals surface area contributed by atoms with Gasteiger partial charge in [0.2, 0.25) is 5.91 Å². The number of hydrogen-bond donors (Lipinski definition) is 2. The molecule has 17 heavy (non-hydrogen) atoms. The molecule has 0 bridgehead atoms. The number of nitrogens with one attached hydrogen (secondary N) is 2. The summed E-state index contributed by atoms with van der Waals surface area (Å²) in [6, 6.07) is 3.31. The number of rotatable bonds is 2. The molecule has 0 fully saturated rings. The molecule has 1 aromatic carbocycles. The molecule has 0 aliphatic carbocycles. The summed E-state index contributed by atoms with van der Waals surface area (Å²) in [7, 11) is -3.80. The van der Waals surface area contributed by atoms with Crippen LogP contribution in [0.2, 0.25) is 0 Å². The van der Waals surface area contributed by atoms with Gasteiger partial charge in [0.1, 0.15) is 4.90 Å². The van der Waals surface area contributed by atoms with Gasteiger partial charge in [-0.2, -0.15) is 0 Å². The molecule has 0 unspecified atom stereocenters. The van der Waals surface area contributed by atoms with Crippen molar-refractivity contribution in [1.82, 2.24) is 4.72 Å². The summed E-state index contributed by atoms with van der Waals surface area (Å²) in [6.45, 7) is 1.96. The van der Waals surface area contributed by atoms with E-state index in [1.54, 1.807) is 6.07 Å². The molecule has 1 heterocycles. The number of anilines is 1. The minimum absolute atomic E-state index is 0.0702. The number of hydrogen-bond acceptors (Lipinski definition) is 4. The highest BCUT2D eigenvalue weighted by Gasteiger charge is 2.22. The third-order valence-electron chi connectivity index (χ3n) is 2.44. The number of carbonyl (C=O) groups is 1. The number of carbonyl (C=O) groups excluding carboxylic acids is 1. The topological polar surface area (TPSA) is 75.3 Å². The summed E-state index contributed by atoms with van der Waals surface area (Å²) in [5.41, 5.74) is 1.87. The van der Waals surface area contributed by atoms with Gasteiger partial charge in [0, 0.05) is 23.6 Å². The van der Waals surface area contributed by atoms with E-state index in [2.05, 4.69) is 21.2 Å². The van der Waals surface area contributed by atoms with Crippen molar-refractivity contribution in [2.45, 2.75) is 18.2 Å². The second-order valence-corrected chi connectivity index (χ2v) is 6.28. The molecule has 2 N–H and O–H groups in total. The predicted molar refractivity (Wildman–Crippen MR) is 67.3 cm³/mol. The molecule has 0 aromatic heterocycles. The fourth-order valence-corrected chi connectivity index (χ4v) is 3.86. The standard InChI is InChI=1S/C10H11BrN2O3S/c1-6(14)13-17(15,16)10-5-9-7(2-3-12-9)4-8(10)11/h4-5,12H,2-3H2,1H3,(H,13,14). The Labute approximate surface area is 108 Å². The molecule has 92 valence electrons. The Balaban J connectivity index is 2.49. The Kier molecular flexibility index (Phi) is 3.13. The molecular weight excluding hydrogens is 308 g/mol. The van der Waals surface area contributed by atoms with Gasteiger partial charge < -0.3 is 5.32 Å². The van der Waals surface area contributed by atoms with E-state index in [0.717, 1.165) is 31.1 Å². The van der Waals surface area contributed by atoms with Crippen molar-refractivity contribution in [3.63, 3.8) is 0 Å². The summed E-state index contributed by atoms with van der Waals surface area (Å²) in [4.78, 5) is 10.9. The Morgan fingerprint density at radius 2 is 2.18 bits per heavy atom. The lowest BCUT2D eigenvalue weighted by atomic mass is 10.2. The summed E-state index contributed by atoms with van der Waals surface area (Å²) in [6.07, 6.45) is 0.869. The lowest BCUT2D eigenvalue weighted by Crippen LogP contribution is -2.28. The van der Waals surface area contributed by atoms with Crippen LogP contribution in [0.5, 0.6) is 0 Å². The van der Waals surface area contributed by atoms with Crippen molar-refractivity contribution in [2.75, 3.05) is 11.9 Å². The molecule has 1 aliphatic heterocycles. The maximum absolute atomic E-state index is 11.9. The lowest BCUT2D eigenvalue weighted by Gasteiger charge is -2.09. The maximum Gasteiger partial charge on any atom is 0.265 e. The van der Waals surface area contributed by atoms with Crippen molar-refractivity contribution < 1.29 is 13.2 Å². The highest BCUT2D eigenvalue weighted by atomic mass is 79.9. The molecule has 1 aliphatic rings. The Hall–Kier alpha value is -1.08. The molecule has 5 nitrogen and oxygen atoms in total. The molecule has 0 atom stereocenters. The third-order valence-corrected chi connectivity index (χ3v) is 4.83. The fourth-order valence-electron chi connectivity index (χ4n) is 1.75. The molecule has 0 saturated carbocycles. The Morgan fingerprint density at radius 1 is 1.47 bits per heavy atom. The van der Waals surface area contributed by atoms with Gasteiger partial charge in [-0.05, 0) is 40.0 Å². The van der Waals surface area contributed by atoms with Gasteiger partial charge in [-0.25, -0.2) is 13.1 Å². The van der Waals surface area contributed by atoms with Crippen LogP contribution in [0.1, 0.15) is 12.5 Å². The van der Waals surface area contributed by atoms with Crippen LogP contribution >= 0.6 is 15.9 Å². The second kappa shape index (κ2) is 4.30. The molecule has 7 heteroatoms. The van der Waals surface area contributed by atoms with E-state index in [-0.39, 0.29) is 4.90 Å². The number of amides is 1. The van der Waals surface area contributed by atoms with E-state index in [4.69, 9.17) is 0 Å². The molecular formula is C10H11BrN2O3S. The Morgan fingerprint density at radius 3 is 2.82 bits per heavy atom. The first-order valence-corrected chi connectivity index (χ1v) is 7.27. The van der Waals surface area contributed by atoms with Crippen LogP contribution in [0.4, 0.5) is 5.69 Å². The van der Waals surface area contributed by atoms with E-state index >= 15 is 0 Å². The molecule has 0 spiro atoms. The number of fused-ring (bicyclic) bond motifs is 1. The summed E-state index contributed by atoms with van der Waals surface area (Å²) in [5.74, 6) is -0.606. The summed E-state index contributed by atoms with van der Waals surface area (Å²) >= 11 is 3.22. The number of benzene rings is 1. The van der Waals surface area contributed by atoms with Gasteiger partial charge in [-0.1, -0.05) is 0 Å². The van der Waals surface area contributed by atoms with Crippen molar-refractivity contribution >= 4 is 37.5 Å². The van der Waals surface area contributed by atoms with E-state index in [1.807, 2.05) is 4.72 Å². The third kappa shape index (κ3) is 2.44. The smallest absolute Gasteiger partial charge is 0.265 e. The first-order chi connectivity index (χ1) is 7.90. The van der Waals surface area contributed by atoms with E-state index in [9.17, 15) is 13.2 Å². The monoisotopic (exact) mass is 318 g/mol. The van der Waals surface area contributed by atoms with E-state index < -0.39 is 15.9 Å². The van der Waals surface area contributed by atoms with Crippen molar-refractivity contribution in [1.29, 1.82) is 0 Å². The zero-order valence-corrected chi connectivity index (χ0v) is 11.5. The van der Waals surface area contributed by atoms with Crippen LogP contribution in [0.15, 0.2) is 21.5 Å². The van der Waals surface area contributed by atoms with E-state index in [1.165, 1.54) is 6.07 Å². The molecule has 0 saturated heterocycles. The summed E-state index contributed by atoms with van der Waals surface area (Å²) in [5, 5.41) is 3.10. The maximum atomic E-state index is 11.9. The van der Waals surface area contributed by atoms with Crippen molar-refractivity contribution in [3.05, 3.63) is 22.2 Å². The van der Waals surface area contributed by atoms with Gasteiger partial charge in [0.25, 0.3) is 10.0 Å². The number of halogens is 1. The normalized spacial score (nSPS) is 14.0. The molecule has 1 amide bonds. The Bertz CT molecular complexity index is 583. The second-order valence-electron chi connectivity index (χ2n) is 3.78. The van der Waals surface area contributed by atoms with Crippen molar-refractivity contribution in [3.8, 4) is 0 Å². The zero-order valence-electron chi connectivity index (χ0n) is 9.08. The largest absolute Gasteiger partial charge is 0.384 e. The quantitative estimate of drug-likeness (QED) is 0.860. The minimum atomic E-state index is -3.80. The molecule has 0 radical (unpaired) electrons. The zero-order chi connectivity index (χ0) is 12.6. The average molecular weight is 319 g/mol. The van der Waals surface area contributed by atoms with Crippen LogP contribution in [0.25, 0.3) is 0 Å². The predicted octanol–water partition coefficient (Wildman–Crippen LogP) is 1.24. The lowest BCUT2D eigenvalue weighted by molar-refractivity contribution is -0.117. The van der Waals surface area contributed by atoms with Crippen LogP contribution in [-0.2, 0) is 21.2 Å². The first kappa shape index (κ1) is 12.4. The van der Waals surface area contributed by atoms with Gasteiger partial charge in [0.05, 0.1) is 0 Å².